The third-order valence-corrected chi connectivity index (χ3v) is 8.88. The van der Waals surface area contributed by atoms with Crippen LogP contribution < -0.4 is 0 Å². The van der Waals surface area contributed by atoms with Crippen LogP contribution in [0.15, 0.2) is 0 Å². The number of hydrogen-bond acceptors (Lipinski definition) is 3. The molecule has 0 radical (unpaired) electrons. The van der Waals surface area contributed by atoms with Crippen LogP contribution in [0.25, 0.3) is 0 Å². The summed E-state index contributed by atoms with van der Waals surface area (Å²) >= 11 is 0. The summed E-state index contributed by atoms with van der Waals surface area (Å²) < 4.78 is 17.6. The second kappa shape index (κ2) is 17.9. The van der Waals surface area contributed by atoms with Gasteiger partial charge in [-0.15, -0.1) is 0 Å². The number of quaternary nitrogens is 1. The lowest BCUT2D eigenvalue weighted by Crippen LogP contribution is -2.43. The van der Waals surface area contributed by atoms with Crippen LogP contribution in [0.2, 0.25) is 6.04 Å². The highest BCUT2D eigenvalue weighted by atomic mass is 28.4. The van der Waals surface area contributed by atoms with E-state index in [9.17, 15) is 0 Å². The Morgan fingerprint density at radius 2 is 0.893 bits per heavy atom. The molecule has 0 rings (SSSR count). The van der Waals surface area contributed by atoms with E-state index in [1.165, 1.54) is 96.6 Å². The predicted octanol–water partition coefficient (Wildman–Crippen LogP) is 6.42. The fourth-order valence-corrected chi connectivity index (χ4v) is 5.73. The molecule has 0 amide bonds. The Labute approximate surface area is 178 Å². The first-order valence-electron chi connectivity index (χ1n) is 11.9. The number of nitrogens with zero attached hydrogens (tertiary/aromatic N) is 1. The van der Waals surface area contributed by atoms with Gasteiger partial charge in [0, 0.05) is 27.4 Å². The molecule has 4 nitrogen and oxygen atoms in total. The van der Waals surface area contributed by atoms with Gasteiger partial charge in [-0.2, -0.15) is 0 Å². The van der Waals surface area contributed by atoms with Gasteiger partial charge in [-0.1, -0.05) is 71.1 Å². The smallest absolute Gasteiger partial charge is 0.377 e. The second-order valence-electron chi connectivity index (χ2n) is 9.02. The minimum absolute atomic E-state index is 0.912. The van der Waals surface area contributed by atoms with E-state index in [1.807, 2.05) is 0 Å². The fraction of sp³-hybridized carbons (Fsp3) is 1.00. The third kappa shape index (κ3) is 15.0. The zero-order valence-electron chi connectivity index (χ0n) is 20.2. The average Bonchev–Trinajstić information content (AvgIpc) is 2.69. The largest absolute Gasteiger partial charge is 0.500 e. The summed E-state index contributed by atoms with van der Waals surface area (Å²) in [5.74, 6) is 0. The summed E-state index contributed by atoms with van der Waals surface area (Å²) in [6, 6.07) is 0.912. The minimum atomic E-state index is -2.38. The van der Waals surface area contributed by atoms with Gasteiger partial charge in [-0.25, -0.2) is 0 Å². The van der Waals surface area contributed by atoms with E-state index >= 15 is 0 Å². The molecule has 0 aliphatic heterocycles. The van der Waals surface area contributed by atoms with Crippen LogP contribution in [-0.2, 0) is 13.3 Å². The molecule has 0 aromatic heterocycles. The van der Waals surface area contributed by atoms with Crippen LogP contribution >= 0.6 is 0 Å². The van der Waals surface area contributed by atoms with E-state index in [4.69, 9.17) is 13.3 Å². The summed E-state index contributed by atoms with van der Waals surface area (Å²) in [6.45, 7) is 4.80. The molecule has 0 aliphatic rings. The zero-order chi connectivity index (χ0) is 21.1. The summed E-state index contributed by atoms with van der Waals surface area (Å²) in [5.41, 5.74) is 0. The lowest BCUT2D eigenvalue weighted by molar-refractivity contribution is -0.890. The Balaban J connectivity index is 3.57. The fourth-order valence-electron chi connectivity index (χ4n) is 3.93. The molecule has 0 N–H and O–H groups in total. The molecule has 0 fully saturated rings. The summed E-state index contributed by atoms with van der Waals surface area (Å²) in [4.78, 5) is 0. The van der Waals surface area contributed by atoms with Crippen molar-refractivity contribution >= 4 is 8.80 Å². The predicted molar refractivity (Wildman–Crippen MR) is 124 cm³/mol. The van der Waals surface area contributed by atoms with Crippen LogP contribution in [-0.4, -0.2) is 61.8 Å². The van der Waals surface area contributed by atoms with E-state index in [1.54, 1.807) is 21.3 Å². The van der Waals surface area contributed by atoms with Crippen molar-refractivity contribution in [3.63, 3.8) is 0 Å². The summed E-state index contributed by atoms with van der Waals surface area (Å²) in [6.07, 6.45) is 19.4. The van der Waals surface area contributed by atoms with Gasteiger partial charge >= 0.3 is 8.80 Å². The van der Waals surface area contributed by atoms with Gasteiger partial charge < -0.3 is 17.8 Å². The maximum Gasteiger partial charge on any atom is 0.500 e. The monoisotopic (exact) mass is 418 g/mol. The lowest BCUT2D eigenvalue weighted by Gasteiger charge is -2.30. The van der Waals surface area contributed by atoms with Crippen LogP contribution in [0.5, 0.6) is 0 Å². The Hall–Kier alpha value is 0.0569. The number of unbranched alkanes of at least 4 members (excludes halogenated alkanes) is 12. The first-order chi connectivity index (χ1) is 13.4. The molecular weight excluding hydrogens is 366 g/mol. The van der Waals surface area contributed by atoms with Crippen LogP contribution in [0.1, 0.15) is 96.8 Å². The maximum absolute atomic E-state index is 5.51. The van der Waals surface area contributed by atoms with Crippen LogP contribution in [0.3, 0.4) is 0 Å². The van der Waals surface area contributed by atoms with Crippen molar-refractivity contribution < 1.29 is 17.8 Å². The van der Waals surface area contributed by atoms with Gasteiger partial charge in [0.25, 0.3) is 0 Å². The summed E-state index contributed by atoms with van der Waals surface area (Å²) in [7, 11) is 7.46. The van der Waals surface area contributed by atoms with Crippen LogP contribution in [0, 0.1) is 0 Å². The highest BCUT2D eigenvalue weighted by molar-refractivity contribution is 6.60. The molecule has 28 heavy (non-hydrogen) atoms. The normalized spacial score (nSPS) is 12.6. The van der Waals surface area contributed by atoms with E-state index in [0.29, 0.717) is 0 Å². The Kier molecular flexibility index (Phi) is 17.9. The zero-order valence-corrected chi connectivity index (χ0v) is 21.2. The van der Waals surface area contributed by atoms with Crippen molar-refractivity contribution in [2.45, 2.75) is 103 Å². The van der Waals surface area contributed by atoms with Gasteiger partial charge in [-0.05, 0) is 25.7 Å². The van der Waals surface area contributed by atoms with E-state index in [2.05, 4.69) is 21.0 Å². The van der Waals surface area contributed by atoms with Crippen molar-refractivity contribution in [3.8, 4) is 0 Å². The molecule has 0 bridgehead atoms. The van der Waals surface area contributed by atoms with Crippen molar-refractivity contribution in [2.75, 3.05) is 48.5 Å². The topological polar surface area (TPSA) is 27.7 Å². The lowest BCUT2D eigenvalue weighted by atomic mass is 10.1. The molecule has 0 saturated heterocycles. The van der Waals surface area contributed by atoms with E-state index < -0.39 is 8.80 Å². The molecule has 170 valence electrons. The van der Waals surface area contributed by atoms with Gasteiger partial charge in [0.05, 0.1) is 27.2 Å². The average molecular weight is 419 g/mol. The van der Waals surface area contributed by atoms with Gasteiger partial charge in [0.1, 0.15) is 0 Å². The van der Waals surface area contributed by atoms with E-state index in [0.717, 1.165) is 16.9 Å². The van der Waals surface area contributed by atoms with Crippen LogP contribution in [0.4, 0.5) is 0 Å². The molecule has 0 aromatic carbocycles. The minimum Gasteiger partial charge on any atom is -0.377 e. The quantitative estimate of drug-likeness (QED) is 0.122. The maximum atomic E-state index is 5.51. The molecule has 0 atom stereocenters. The first kappa shape index (κ1) is 28.1. The third-order valence-electron chi connectivity index (χ3n) is 6.05. The first-order valence-corrected chi connectivity index (χ1v) is 13.9. The SMILES string of the molecule is CCCCCCCCCCCCCC[N+](C)(C)CCCC[Si](OC)(OC)OC. The standard InChI is InChI=1S/C23H52NO3Si/c1-7-8-9-10-11-12-13-14-15-16-17-18-21-24(2,3)22-19-20-23-28(25-4,26-5)27-6/h7-23H2,1-6H3/q+1. The molecule has 0 heterocycles. The highest BCUT2D eigenvalue weighted by Crippen LogP contribution is 2.18. The Morgan fingerprint density at radius 1 is 0.536 bits per heavy atom. The van der Waals surface area contributed by atoms with Gasteiger partial charge in [0.15, 0.2) is 0 Å². The molecule has 0 spiro atoms. The Morgan fingerprint density at radius 3 is 1.29 bits per heavy atom. The van der Waals surface area contributed by atoms with Crippen molar-refractivity contribution in [1.29, 1.82) is 0 Å². The second-order valence-corrected chi connectivity index (χ2v) is 12.1. The summed E-state index contributed by atoms with van der Waals surface area (Å²) in [5, 5.41) is 0. The molecule has 0 unspecified atom stereocenters. The van der Waals surface area contributed by atoms with Gasteiger partial charge in [0.2, 0.25) is 0 Å². The molecule has 0 saturated carbocycles. The van der Waals surface area contributed by atoms with Crippen molar-refractivity contribution in [2.24, 2.45) is 0 Å². The van der Waals surface area contributed by atoms with Gasteiger partial charge in [-0.3, -0.25) is 0 Å². The number of hydrogen-bond donors (Lipinski definition) is 0. The molecule has 5 heteroatoms. The van der Waals surface area contributed by atoms with Crippen molar-refractivity contribution in [3.05, 3.63) is 0 Å². The number of rotatable bonds is 21. The van der Waals surface area contributed by atoms with Crippen molar-refractivity contribution in [1.82, 2.24) is 0 Å². The molecule has 0 aromatic rings. The molecular formula is C23H52NO3Si+. The van der Waals surface area contributed by atoms with E-state index in [-0.39, 0.29) is 0 Å². The highest BCUT2D eigenvalue weighted by Gasteiger charge is 2.37. The molecule has 0 aliphatic carbocycles. The Bertz CT molecular complexity index is 328.